The molecule has 0 heterocycles. The molecule has 1 rings (SSSR count). The zero-order valence-electron chi connectivity index (χ0n) is 8.59. The Labute approximate surface area is 84.2 Å². The lowest BCUT2D eigenvalue weighted by Gasteiger charge is -2.13. The van der Waals surface area contributed by atoms with Crippen molar-refractivity contribution in [3.8, 4) is 0 Å². The minimum atomic E-state index is -0.373. The zero-order valence-corrected chi connectivity index (χ0v) is 9.40. The third-order valence-corrected chi connectivity index (χ3v) is 3.09. The molecule has 0 spiro atoms. The molecule has 1 aromatic carbocycles. The first kappa shape index (κ1) is 10.6. The number of aryl methyl sites for hydroxylation is 2. The fraction of sp³-hybridized carbons (Fsp3) is 0.455. The third-order valence-electron chi connectivity index (χ3n) is 2.30. The quantitative estimate of drug-likeness (QED) is 0.733. The molecule has 0 saturated carbocycles. The Kier molecular flexibility index (Phi) is 3.40. The Morgan fingerprint density at radius 1 is 1.23 bits per heavy atom. The summed E-state index contributed by atoms with van der Waals surface area (Å²) in [6, 6.07) is 4.22. The Morgan fingerprint density at radius 3 is 2.23 bits per heavy atom. The zero-order chi connectivity index (χ0) is 10.0. The smallest absolute Gasteiger partial charge is 0.0772 e. The summed E-state index contributed by atoms with van der Waals surface area (Å²) in [5.74, 6) is 0. The molecule has 0 fully saturated rings. The number of aliphatic hydroxyl groups excluding tert-OH is 1. The number of hydrogen-bond acceptors (Lipinski definition) is 2. The normalized spacial score (nSPS) is 13.0. The molecular weight excluding hydrogens is 180 g/mol. The van der Waals surface area contributed by atoms with Gasteiger partial charge in [0.2, 0.25) is 0 Å². The third kappa shape index (κ3) is 2.26. The maximum Gasteiger partial charge on any atom is 0.0772 e. The van der Waals surface area contributed by atoms with Crippen LogP contribution >= 0.6 is 11.8 Å². The average molecular weight is 196 g/mol. The van der Waals surface area contributed by atoms with Crippen LogP contribution in [0.25, 0.3) is 0 Å². The van der Waals surface area contributed by atoms with Gasteiger partial charge >= 0.3 is 0 Å². The van der Waals surface area contributed by atoms with Crippen molar-refractivity contribution in [2.75, 3.05) is 6.26 Å². The van der Waals surface area contributed by atoms with E-state index in [9.17, 15) is 5.11 Å². The SMILES string of the molecule is CSc1cc(C)c(C)cc1C(C)O. The second-order valence-electron chi connectivity index (χ2n) is 3.35. The summed E-state index contributed by atoms with van der Waals surface area (Å²) >= 11 is 1.69. The van der Waals surface area contributed by atoms with Gasteiger partial charge in [0.1, 0.15) is 0 Å². The summed E-state index contributed by atoms with van der Waals surface area (Å²) in [6.45, 7) is 5.98. The van der Waals surface area contributed by atoms with E-state index in [-0.39, 0.29) is 6.10 Å². The monoisotopic (exact) mass is 196 g/mol. The van der Waals surface area contributed by atoms with E-state index in [4.69, 9.17) is 0 Å². The Balaban J connectivity index is 3.25. The van der Waals surface area contributed by atoms with Gasteiger partial charge in [-0.05, 0) is 49.8 Å². The van der Waals surface area contributed by atoms with Crippen molar-refractivity contribution in [3.63, 3.8) is 0 Å². The largest absolute Gasteiger partial charge is 0.389 e. The van der Waals surface area contributed by atoms with Gasteiger partial charge < -0.3 is 5.11 Å². The lowest BCUT2D eigenvalue weighted by atomic mass is 10.0. The van der Waals surface area contributed by atoms with Crippen LogP contribution in [0.3, 0.4) is 0 Å². The molecule has 0 bridgehead atoms. The van der Waals surface area contributed by atoms with Crippen molar-refractivity contribution in [3.05, 3.63) is 28.8 Å². The van der Waals surface area contributed by atoms with Crippen LogP contribution < -0.4 is 0 Å². The Hall–Kier alpha value is -0.470. The highest BCUT2D eigenvalue weighted by Gasteiger charge is 2.08. The molecule has 0 aromatic heterocycles. The van der Waals surface area contributed by atoms with Gasteiger partial charge in [0.25, 0.3) is 0 Å². The predicted molar refractivity (Wildman–Crippen MR) is 58.3 cm³/mol. The van der Waals surface area contributed by atoms with Gasteiger partial charge in [-0.2, -0.15) is 0 Å². The highest BCUT2D eigenvalue weighted by atomic mass is 32.2. The van der Waals surface area contributed by atoms with E-state index in [1.807, 2.05) is 13.2 Å². The Morgan fingerprint density at radius 2 is 1.77 bits per heavy atom. The number of hydrogen-bond donors (Lipinski definition) is 1. The average Bonchev–Trinajstić information content (AvgIpc) is 2.08. The molecule has 72 valence electrons. The summed E-state index contributed by atoms with van der Waals surface area (Å²) in [6.07, 6.45) is 1.66. The van der Waals surface area contributed by atoms with Crippen LogP contribution in [-0.2, 0) is 0 Å². The molecule has 0 saturated heterocycles. The van der Waals surface area contributed by atoms with E-state index in [1.54, 1.807) is 11.8 Å². The Bertz CT molecular complexity index is 305. The molecule has 1 nitrogen and oxygen atoms in total. The van der Waals surface area contributed by atoms with Gasteiger partial charge in [-0.15, -0.1) is 11.8 Å². The van der Waals surface area contributed by atoms with Crippen LogP contribution in [-0.4, -0.2) is 11.4 Å². The first-order chi connectivity index (χ1) is 6.06. The van der Waals surface area contributed by atoms with Crippen LogP contribution in [0.15, 0.2) is 17.0 Å². The maximum atomic E-state index is 9.54. The van der Waals surface area contributed by atoms with Crippen molar-refractivity contribution in [2.45, 2.75) is 31.8 Å². The van der Waals surface area contributed by atoms with E-state index in [1.165, 1.54) is 16.0 Å². The van der Waals surface area contributed by atoms with E-state index < -0.39 is 0 Å². The first-order valence-corrected chi connectivity index (χ1v) is 5.62. The molecule has 0 aliphatic rings. The molecule has 0 radical (unpaired) electrons. The molecule has 1 unspecified atom stereocenters. The maximum absolute atomic E-state index is 9.54. The van der Waals surface area contributed by atoms with Crippen molar-refractivity contribution in [1.29, 1.82) is 0 Å². The molecule has 1 atom stereocenters. The molecule has 0 amide bonds. The number of rotatable bonds is 2. The van der Waals surface area contributed by atoms with E-state index in [0.717, 1.165) is 5.56 Å². The van der Waals surface area contributed by atoms with Crippen molar-refractivity contribution < 1.29 is 5.11 Å². The summed E-state index contributed by atoms with van der Waals surface area (Å²) in [5.41, 5.74) is 3.57. The lowest BCUT2D eigenvalue weighted by molar-refractivity contribution is 0.196. The first-order valence-electron chi connectivity index (χ1n) is 4.39. The van der Waals surface area contributed by atoms with Crippen LogP contribution in [0.2, 0.25) is 0 Å². The van der Waals surface area contributed by atoms with Crippen LogP contribution in [0, 0.1) is 13.8 Å². The number of aliphatic hydroxyl groups is 1. The molecule has 13 heavy (non-hydrogen) atoms. The predicted octanol–water partition coefficient (Wildman–Crippen LogP) is 3.08. The molecule has 1 N–H and O–H groups in total. The van der Waals surface area contributed by atoms with Gasteiger partial charge in [-0.25, -0.2) is 0 Å². The summed E-state index contributed by atoms with van der Waals surface area (Å²) in [5, 5.41) is 9.54. The lowest BCUT2D eigenvalue weighted by Crippen LogP contribution is -1.96. The van der Waals surface area contributed by atoms with Crippen molar-refractivity contribution >= 4 is 11.8 Å². The van der Waals surface area contributed by atoms with Crippen LogP contribution in [0.1, 0.15) is 29.7 Å². The summed E-state index contributed by atoms with van der Waals surface area (Å²) < 4.78 is 0. The molecule has 1 aromatic rings. The summed E-state index contributed by atoms with van der Waals surface area (Å²) in [4.78, 5) is 1.18. The van der Waals surface area contributed by atoms with Crippen molar-refractivity contribution in [1.82, 2.24) is 0 Å². The molecular formula is C11H16OS. The molecule has 2 heteroatoms. The standard InChI is InChI=1S/C11H16OS/c1-7-5-10(9(3)12)11(13-4)6-8(7)2/h5-6,9,12H,1-4H3. The summed E-state index contributed by atoms with van der Waals surface area (Å²) in [7, 11) is 0. The fourth-order valence-corrected chi connectivity index (χ4v) is 2.08. The van der Waals surface area contributed by atoms with E-state index in [0.29, 0.717) is 0 Å². The van der Waals surface area contributed by atoms with Gasteiger partial charge in [0.05, 0.1) is 6.10 Å². The number of benzene rings is 1. The highest BCUT2D eigenvalue weighted by molar-refractivity contribution is 7.98. The fourth-order valence-electron chi connectivity index (χ4n) is 1.32. The minimum Gasteiger partial charge on any atom is -0.389 e. The molecule has 0 aliphatic heterocycles. The van der Waals surface area contributed by atoms with Crippen LogP contribution in [0.5, 0.6) is 0 Å². The van der Waals surface area contributed by atoms with E-state index in [2.05, 4.69) is 26.0 Å². The van der Waals surface area contributed by atoms with Crippen molar-refractivity contribution in [2.24, 2.45) is 0 Å². The number of thioether (sulfide) groups is 1. The second-order valence-corrected chi connectivity index (χ2v) is 4.20. The topological polar surface area (TPSA) is 20.2 Å². The minimum absolute atomic E-state index is 0.373. The van der Waals surface area contributed by atoms with E-state index >= 15 is 0 Å². The van der Waals surface area contributed by atoms with Crippen LogP contribution in [0.4, 0.5) is 0 Å². The van der Waals surface area contributed by atoms with Gasteiger partial charge in [-0.1, -0.05) is 6.07 Å². The van der Waals surface area contributed by atoms with Gasteiger partial charge in [-0.3, -0.25) is 0 Å². The second kappa shape index (κ2) is 4.16. The van der Waals surface area contributed by atoms with Gasteiger partial charge in [0, 0.05) is 4.90 Å². The van der Waals surface area contributed by atoms with Gasteiger partial charge in [0.15, 0.2) is 0 Å². The molecule has 0 aliphatic carbocycles. The highest BCUT2D eigenvalue weighted by Crippen LogP contribution is 2.28.